The van der Waals surface area contributed by atoms with E-state index in [-0.39, 0.29) is 5.91 Å². The number of aromatic nitrogens is 1. The van der Waals surface area contributed by atoms with Crippen LogP contribution in [0.25, 0.3) is 10.6 Å². The monoisotopic (exact) mass is 347 g/mol. The van der Waals surface area contributed by atoms with Gasteiger partial charge in [0.15, 0.2) is 11.5 Å². The third-order valence-corrected chi connectivity index (χ3v) is 5.26. The van der Waals surface area contributed by atoms with Gasteiger partial charge in [0.25, 0.3) is 5.91 Å². The molecule has 1 aliphatic heterocycles. The lowest BCUT2D eigenvalue weighted by Crippen LogP contribution is -2.48. The van der Waals surface area contributed by atoms with Crippen LogP contribution in [0.4, 0.5) is 0 Å². The summed E-state index contributed by atoms with van der Waals surface area (Å²) < 4.78 is 10.6. The van der Waals surface area contributed by atoms with E-state index in [4.69, 9.17) is 9.47 Å². The van der Waals surface area contributed by atoms with Crippen molar-refractivity contribution in [3.05, 3.63) is 28.8 Å². The van der Waals surface area contributed by atoms with Crippen LogP contribution in [0.15, 0.2) is 18.2 Å². The Balaban J connectivity index is 1.78. The summed E-state index contributed by atoms with van der Waals surface area (Å²) in [7, 11) is 3.20. The van der Waals surface area contributed by atoms with Crippen LogP contribution < -0.4 is 20.1 Å². The molecule has 1 fully saturated rings. The van der Waals surface area contributed by atoms with Crippen molar-refractivity contribution in [1.82, 2.24) is 15.6 Å². The molecule has 7 heteroatoms. The van der Waals surface area contributed by atoms with Crippen LogP contribution in [0.5, 0.6) is 11.5 Å². The maximum atomic E-state index is 12.4. The Labute approximate surface area is 145 Å². The Morgan fingerprint density at radius 2 is 2.08 bits per heavy atom. The van der Waals surface area contributed by atoms with Crippen molar-refractivity contribution in [3.63, 3.8) is 0 Å². The topological polar surface area (TPSA) is 72.5 Å². The SMILES string of the molecule is COc1ccc(-c2nc(C)c(C(=O)NCC3CNC3)s2)cc1OC. The maximum Gasteiger partial charge on any atom is 0.263 e. The van der Waals surface area contributed by atoms with Crippen LogP contribution in [-0.4, -0.2) is 44.7 Å². The van der Waals surface area contributed by atoms with Crippen molar-refractivity contribution >= 4 is 17.2 Å². The third kappa shape index (κ3) is 3.37. The van der Waals surface area contributed by atoms with Gasteiger partial charge in [-0.3, -0.25) is 4.79 Å². The van der Waals surface area contributed by atoms with Crippen molar-refractivity contribution in [2.24, 2.45) is 5.92 Å². The fraction of sp³-hybridized carbons (Fsp3) is 0.412. The molecule has 0 bridgehead atoms. The molecule has 1 amide bonds. The standard InChI is InChI=1S/C17H21N3O3S/c1-10-15(16(21)19-9-11-7-18-8-11)24-17(20-10)12-4-5-13(22-2)14(6-12)23-3/h4-6,11,18H,7-9H2,1-3H3,(H,19,21). The zero-order valence-electron chi connectivity index (χ0n) is 14.0. The number of carbonyl (C=O) groups excluding carboxylic acids is 1. The average Bonchev–Trinajstić information content (AvgIpc) is 2.94. The van der Waals surface area contributed by atoms with Crippen molar-refractivity contribution < 1.29 is 14.3 Å². The van der Waals surface area contributed by atoms with Crippen LogP contribution >= 0.6 is 11.3 Å². The third-order valence-electron chi connectivity index (χ3n) is 4.05. The van der Waals surface area contributed by atoms with Crippen molar-refractivity contribution in [2.45, 2.75) is 6.92 Å². The quantitative estimate of drug-likeness (QED) is 0.837. The van der Waals surface area contributed by atoms with Gasteiger partial charge < -0.3 is 20.1 Å². The zero-order valence-corrected chi connectivity index (χ0v) is 14.8. The number of amides is 1. The van der Waals surface area contributed by atoms with E-state index in [1.54, 1.807) is 14.2 Å². The van der Waals surface area contributed by atoms with Crippen molar-refractivity contribution in [2.75, 3.05) is 33.9 Å². The molecule has 0 aliphatic carbocycles. The summed E-state index contributed by atoms with van der Waals surface area (Å²) in [5.74, 6) is 1.80. The van der Waals surface area contributed by atoms with E-state index in [1.165, 1.54) is 11.3 Å². The molecule has 0 radical (unpaired) electrons. The molecule has 2 aromatic rings. The molecule has 128 valence electrons. The predicted octanol–water partition coefficient (Wildman–Crippen LogP) is 2.08. The number of ether oxygens (including phenoxy) is 2. The number of benzene rings is 1. The lowest BCUT2D eigenvalue weighted by Gasteiger charge is -2.26. The molecule has 0 saturated carbocycles. The number of carbonyl (C=O) groups is 1. The van der Waals surface area contributed by atoms with Gasteiger partial charge in [-0.1, -0.05) is 0 Å². The molecular weight excluding hydrogens is 326 g/mol. The van der Waals surface area contributed by atoms with Gasteiger partial charge in [0.05, 0.1) is 19.9 Å². The van der Waals surface area contributed by atoms with Gasteiger partial charge in [0.2, 0.25) is 0 Å². The van der Waals surface area contributed by atoms with E-state index in [2.05, 4.69) is 15.6 Å². The smallest absolute Gasteiger partial charge is 0.263 e. The highest BCUT2D eigenvalue weighted by Gasteiger charge is 2.20. The number of hydrogen-bond donors (Lipinski definition) is 2. The molecule has 1 aromatic heterocycles. The number of rotatable bonds is 6. The Hall–Kier alpha value is -2.12. The van der Waals surface area contributed by atoms with Gasteiger partial charge in [-0.25, -0.2) is 4.98 Å². The fourth-order valence-corrected chi connectivity index (χ4v) is 3.49. The summed E-state index contributed by atoms with van der Waals surface area (Å²) in [5.41, 5.74) is 1.65. The first-order chi connectivity index (χ1) is 11.6. The van der Waals surface area contributed by atoms with E-state index in [0.29, 0.717) is 28.8 Å². The van der Waals surface area contributed by atoms with Gasteiger partial charge in [-0.15, -0.1) is 11.3 Å². The Morgan fingerprint density at radius 1 is 1.33 bits per heavy atom. The van der Waals surface area contributed by atoms with E-state index in [0.717, 1.165) is 29.4 Å². The highest BCUT2D eigenvalue weighted by Crippen LogP contribution is 2.34. The highest BCUT2D eigenvalue weighted by molar-refractivity contribution is 7.17. The molecule has 0 unspecified atom stereocenters. The van der Waals surface area contributed by atoms with Crippen LogP contribution in [0.2, 0.25) is 0 Å². The Bertz CT molecular complexity index is 741. The number of nitrogens with zero attached hydrogens (tertiary/aromatic N) is 1. The summed E-state index contributed by atoms with van der Waals surface area (Å²) in [4.78, 5) is 17.6. The molecule has 0 atom stereocenters. The Morgan fingerprint density at radius 3 is 2.71 bits per heavy atom. The highest BCUT2D eigenvalue weighted by atomic mass is 32.1. The van der Waals surface area contributed by atoms with Gasteiger partial charge in [0, 0.05) is 31.1 Å². The minimum absolute atomic E-state index is 0.0522. The molecule has 1 saturated heterocycles. The summed E-state index contributed by atoms with van der Waals surface area (Å²) in [5, 5.41) is 6.99. The largest absolute Gasteiger partial charge is 0.493 e. The first kappa shape index (κ1) is 16.7. The van der Waals surface area contributed by atoms with Crippen LogP contribution in [0, 0.1) is 12.8 Å². The number of nitrogens with one attached hydrogen (secondary N) is 2. The number of methoxy groups -OCH3 is 2. The first-order valence-corrected chi connectivity index (χ1v) is 8.62. The maximum absolute atomic E-state index is 12.4. The van der Waals surface area contributed by atoms with Crippen LogP contribution in [-0.2, 0) is 0 Å². The molecule has 24 heavy (non-hydrogen) atoms. The average molecular weight is 347 g/mol. The van der Waals surface area contributed by atoms with Crippen LogP contribution in [0.1, 0.15) is 15.4 Å². The predicted molar refractivity (Wildman–Crippen MR) is 94.1 cm³/mol. The van der Waals surface area contributed by atoms with Gasteiger partial charge in [-0.05, 0) is 25.1 Å². The molecule has 2 heterocycles. The minimum Gasteiger partial charge on any atom is -0.493 e. The van der Waals surface area contributed by atoms with Gasteiger partial charge in [-0.2, -0.15) is 0 Å². The summed E-state index contributed by atoms with van der Waals surface area (Å²) in [6, 6.07) is 5.63. The summed E-state index contributed by atoms with van der Waals surface area (Å²) in [6.07, 6.45) is 0. The number of thiazole rings is 1. The second-order valence-electron chi connectivity index (χ2n) is 5.74. The molecular formula is C17H21N3O3S. The van der Waals surface area contributed by atoms with Gasteiger partial charge >= 0.3 is 0 Å². The summed E-state index contributed by atoms with van der Waals surface area (Å²) >= 11 is 1.40. The molecule has 3 rings (SSSR count). The van der Waals surface area contributed by atoms with E-state index >= 15 is 0 Å². The summed E-state index contributed by atoms with van der Waals surface area (Å²) in [6.45, 7) is 4.51. The fourth-order valence-electron chi connectivity index (χ4n) is 2.51. The van der Waals surface area contributed by atoms with E-state index in [9.17, 15) is 4.79 Å². The zero-order chi connectivity index (χ0) is 17.1. The minimum atomic E-state index is -0.0522. The Kier molecular flexibility index (Phi) is 5.01. The molecule has 6 nitrogen and oxygen atoms in total. The molecule has 0 spiro atoms. The van der Waals surface area contributed by atoms with Crippen LogP contribution in [0.3, 0.4) is 0 Å². The normalized spacial score (nSPS) is 14.1. The molecule has 1 aliphatic rings. The first-order valence-electron chi connectivity index (χ1n) is 7.81. The molecule has 2 N–H and O–H groups in total. The van der Waals surface area contributed by atoms with Crippen molar-refractivity contribution in [3.8, 4) is 22.1 Å². The number of hydrogen-bond acceptors (Lipinski definition) is 6. The molecule has 1 aromatic carbocycles. The van der Waals surface area contributed by atoms with E-state index < -0.39 is 0 Å². The second-order valence-corrected chi connectivity index (χ2v) is 6.74. The number of aryl methyl sites for hydroxylation is 1. The van der Waals surface area contributed by atoms with Gasteiger partial charge in [0.1, 0.15) is 9.88 Å². The lowest BCUT2D eigenvalue weighted by molar-refractivity contribution is 0.0945. The van der Waals surface area contributed by atoms with Crippen molar-refractivity contribution in [1.29, 1.82) is 0 Å². The second kappa shape index (κ2) is 7.19. The van der Waals surface area contributed by atoms with E-state index in [1.807, 2.05) is 25.1 Å². The lowest BCUT2D eigenvalue weighted by atomic mass is 10.0.